The number of rotatable bonds is 7. The minimum atomic E-state index is 0.243. The fraction of sp³-hybridized carbons (Fsp3) is 0.583. The van der Waals surface area contributed by atoms with Gasteiger partial charge in [-0.3, -0.25) is 4.79 Å². The zero-order valence-electron chi connectivity index (χ0n) is 18.3. The van der Waals surface area contributed by atoms with E-state index < -0.39 is 0 Å². The van der Waals surface area contributed by atoms with Crippen molar-refractivity contribution in [1.82, 2.24) is 24.6 Å². The largest absolute Gasteiger partial charge is 0.343 e. The topological polar surface area (TPSA) is 77.0 Å². The van der Waals surface area contributed by atoms with Crippen molar-refractivity contribution in [2.24, 2.45) is 5.92 Å². The summed E-state index contributed by atoms with van der Waals surface area (Å²) in [6, 6.07) is 6.10. The Morgan fingerprint density at radius 1 is 1.13 bits per heavy atom. The van der Waals surface area contributed by atoms with Crippen LogP contribution in [-0.4, -0.2) is 43.6 Å². The van der Waals surface area contributed by atoms with Gasteiger partial charge in [-0.05, 0) is 50.3 Å². The van der Waals surface area contributed by atoms with Gasteiger partial charge < -0.3 is 14.0 Å². The summed E-state index contributed by atoms with van der Waals surface area (Å²) in [5.74, 6) is 3.33. The quantitative estimate of drug-likeness (QED) is 0.560. The van der Waals surface area contributed by atoms with E-state index in [9.17, 15) is 4.79 Å². The molecule has 5 rings (SSSR count). The summed E-state index contributed by atoms with van der Waals surface area (Å²) in [7, 11) is 0. The summed E-state index contributed by atoms with van der Waals surface area (Å²) in [6.07, 6.45) is 10.2. The second-order valence-corrected chi connectivity index (χ2v) is 9.05. The maximum atomic E-state index is 12.4. The molecule has 2 fully saturated rings. The van der Waals surface area contributed by atoms with Crippen LogP contribution in [-0.2, 0) is 17.8 Å². The Morgan fingerprint density at radius 2 is 1.94 bits per heavy atom. The lowest BCUT2D eigenvalue weighted by Crippen LogP contribution is -2.28. The van der Waals surface area contributed by atoms with Gasteiger partial charge >= 0.3 is 0 Å². The normalized spacial score (nSPS) is 17.3. The number of hydrogen-bond donors (Lipinski definition) is 0. The number of imidazole rings is 1. The number of carbonyl (C=O) groups excluding carboxylic acids is 1. The molecule has 1 saturated heterocycles. The summed E-state index contributed by atoms with van der Waals surface area (Å²) in [5.41, 5.74) is 2.86. The number of aryl methyl sites for hydroxylation is 3. The maximum absolute atomic E-state index is 12.4. The van der Waals surface area contributed by atoms with E-state index >= 15 is 0 Å². The molecule has 0 bridgehead atoms. The molecular weight excluding hydrogens is 390 g/mol. The van der Waals surface area contributed by atoms with E-state index in [0.717, 1.165) is 73.0 Å². The molecule has 1 aliphatic carbocycles. The standard InChI is InChI=1S/C24H31N5O2/c1-17-25-20-16-19(24-26-22(31-27-24)11-8-18-6-2-3-7-18)9-10-21(20)29(17)15-12-23(30)28-13-4-5-14-28/h9-10,16,18H,2-8,11-15H2,1H3. The Kier molecular flexibility index (Phi) is 5.74. The number of benzene rings is 1. The molecule has 1 aromatic carbocycles. The first-order chi connectivity index (χ1) is 15.2. The highest BCUT2D eigenvalue weighted by Crippen LogP contribution is 2.29. The molecule has 7 heteroatoms. The van der Waals surface area contributed by atoms with E-state index in [-0.39, 0.29) is 5.91 Å². The number of likely N-dealkylation sites (tertiary alicyclic amines) is 1. The minimum absolute atomic E-state index is 0.243. The number of aromatic nitrogens is 4. The smallest absolute Gasteiger partial charge is 0.226 e. The Hall–Kier alpha value is -2.70. The second-order valence-electron chi connectivity index (χ2n) is 9.05. The summed E-state index contributed by atoms with van der Waals surface area (Å²) in [5, 5.41) is 4.20. The fourth-order valence-electron chi connectivity index (χ4n) is 5.10. The van der Waals surface area contributed by atoms with Crippen molar-refractivity contribution in [2.45, 2.75) is 71.3 Å². The first kappa shape index (κ1) is 20.2. The molecule has 31 heavy (non-hydrogen) atoms. The van der Waals surface area contributed by atoms with Crippen molar-refractivity contribution >= 4 is 16.9 Å². The summed E-state index contributed by atoms with van der Waals surface area (Å²) >= 11 is 0. The van der Waals surface area contributed by atoms with Crippen LogP contribution in [0.3, 0.4) is 0 Å². The first-order valence-electron chi connectivity index (χ1n) is 11.7. The Labute approximate surface area is 182 Å². The highest BCUT2D eigenvalue weighted by Gasteiger charge is 2.19. The molecule has 164 valence electrons. The third kappa shape index (κ3) is 4.36. The van der Waals surface area contributed by atoms with Crippen LogP contribution in [0.4, 0.5) is 0 Å². The van der Waals surface area contributed by atoms with E-state index in [2.05, 4.69) is 20.8 Å². The molecule has 0 radical (unpaired) electrons. The van der Waals surface area contributed by atoms with Gasteiger partial charge in [0, 0.05) is 38.0 Å². The first-order valence-corrected chi connectivity index (χ1v) is 11.7. The van der Waals surface area contributed by atoms with Crippen molar-refractivity contribution in [2.75, 3.05) is 13.1 Å². The molecule has 0 unspecified atom stereocenters. The lowest BCUT2D eigenvalue weighted by atomic mass is 10.0. The molecule has 3 aromatic rings. The number of carbonyl (C=O) groups is 1. The molecule has 2 aromatic heterocycles. The molecule has 1 aliphatic heterocycles. The third-order valence-electron chi connectivity index (χ3n) is 6.91. The lowest BCUT2D eigenvalue weighted by molar-refractivity contribution is -0.130. The van der Waals surface area contributed by atoms with Crippen LogP contribution in [0.1, 0.15) is 63.1 Å². The molecule has 0 N–H and O–H groups in total. The molecule has 1 amide bonds. The summed E-state index contributed by atoms with van der Waals surface area (Å²) in [4.78, 5) is 23.8. The molecule has 2 aliphatic rings. The molecular formula is C24H31N5O2. The van der Waals surface area contributed by atoms with Gasteiger partial charge in [-0.15, -0.1) is 0 Å². The SMILES string of the molecule is Cc1nc2cc(-c3noc(CCC4CCCC4)n3)ccc2n1CCC(=O)N1CCCC1. The van der Waals surface area contributed by atoms with Crippen molar-refractivity contribution in [3.8, 4) is 11.4 Å². The lowest BCUT2D eigenvalue weighted by Gasteiger charge is -2.15. The van der Waals surface area contributed by atoms with Gasteiger partial charge in [0.1, 0.15) is 5.82 Å². The number of fused-ring (bicyclic) bond motifs is 1. The Bertz CT molecular complexity index is 1060. The highest BCUT2D eigenvalue weighted by atomic mass is 16.5. The number of hydrogen-bond acceptors (Lipinski definition) is 5. The van der Waals surface area contributed by atoms with Gasteiger partial charge in [0.25, 0.3) is 0 Å². The number of amides is 1. The third-order valence-corrected chi connectivity index (χ3v) is 6.91. The van der Waals surface area contributed by atoms with Crippen LogP contribution in [0.2, 0.25) is 0 Å². The summed E-state index contributed by atoms with van der Waals surface area (Å²) in [6.45, 7) is 4.46. The molecule has 3 heterocycles. The molecule has 0 atom stereocenters. The van der Waals surface area contributed by atoms with Crippen molar-refractivity contribution in [3.05, 3.63) is 29.9 Å². The van der Waals surface area contributed by atoms with Gasteiger partial charge in [-0.2, -0.15) is 4.98 Å². The van der Waals surface area contributed by atoms with Gasteiger partial charge in [0.2, 0.25) is 17.6 Å². The average molecular weight is 422 g/mol. The van der Waals surface area contributed by atoms with Crippen LogP contribution >= 0.6 is 0 Å². The van der Waals surface area contributed by atoms with Crippen LogP contribution in [0.5, 0.6) is 0 Å². The van der Waals surface area contributed by atoms with E-state index in [1.165, 1.54) is 25.7 Å². The molecule has 0 spiro atoms. The average Bonchev–Trinajstić information content (AvgIpc) is 3.58. The Morgan fingerprint density at radius 3 is 2.74 bits per heavy atom. The van der Waals surface area contributed by atoms with Gasteiger partial charge in [-0.25, -0.2) is 4.98 Å². The monoisotopic (exact) mass is 421 g/mol. The predicted octanol–water partition coefficient (Wildman–Crippen LogP) is 4.53. The molecule has 7 nitrogen and oxygen atoms in total. The minimum Gasteiger partial charge on any atom is -0.343 e. The van der Waals surface area contributed by atoms with E-state index in [1.54, 1.807) is 0 Å². The van der Waals surface area contributed by atoms with Crippen LogP contribution in [0.25, 0.3) is 22.4 Å². The van der Waals surface area contributed by atoms with Crippen molar-refractivity contribution in [3.63, 3.8) is 0 Å². The summed E-state index contributed by atoms with van der Waals surface area (Å²) < 4.78 is 7.64. The van der Waals surface area contributed by atoms with Crippen LogP contribution in [0, 0.1) is 12.8 Å². The zero-order chi connectivity index (χ0) is 21.2. The van der Waals surface area contributed by atoms with Crippen molar-refractivity contribution < 1.29 is 9.32 Å². The number of nitrogens with zero attached hydrogens (tertiary/aromatic N) is 5. The van der Waals surface area contributed by atoms with Crippen LogP contribution in [0.15, 0.2) is 22.7 Å². The van der Waals surface area contributed by atoms with E-state index in [0.29, 0.717) is 18.8 Å². The Balaban J connectivity index is 1.27. The van der Waals surface area contributed by atoms with Crippen LogP contribution < -0.4 is 0 Å². The molecule has 1 saturated carbocycles. The fourth-order valence-corrected chi connectivity index (χ4v) is 5.10. The predicted molar refractivity (Wildman–Crippen MR) is 118 cm³/mol. The van der Waals surface area contributed by atoms with Gasteiger partial charge in [0.15, 0.2) is 0 Å². The van der Waals surface area contributed by atoms with E-state index in [1.807, 2.05) is 24.0 Å². The van der Waals surface area contributed by atoms with Gasteiger partial charge in [-0.1, -0.05) is 30.8 Å². The van der Waals surface area contributed by atoms with Gasteiger partial charge in [0.05, 0.1) is 11.0 Å². The highest BCUT2D eigenvalue weighted by molar-refractivity contribution is 5.82. The second kappa shape index (κ2) is 8.81. The van der Waals surface area contributed by atoms with Crippen molar-refractivity contribution in [1.29, 1.82) is 0 Å². The van der Waals surface area contributed by atoms with E-state index in [4.69, 9.17) is 9.51 Å². The zero-order valence-corrected chi connectivity index (χ0v) is 18.3. The maximum Gasteiger partial charge on any atom is 0.226 e.